The lowest BCUT2D eigenvalue weighted by Gasteiger charge is -2.27. The first-order chi connectivity index (χ1) is 7.44. The average Bonchev–Trinajstić information content (AvgIpc) is 1.97. The zero-order valence-electron chi connectivity index (χ0n) is 9.93. The minimum absolute atomic E-state index is 1.00. The number of alkyl halides is 9. The number of rotatable bonds is 2. The van der Waals surface area contributed by atoms with Crippen LogP contribution in [0.4, 0.5) is 39.5 Å². The molecular weight excluding hydrogens is 281 g/mol. The highest BCUT2D eigenvalue weighted by Crippen LogP contribution is 2.48. The molecule has 1 nitrogen and oxygen atoms in total. The third-order valence-electron chi connectivity index (χ3n) is 1.05. The van der Waals surface area contributed by atoms with Crippen molar-refractivity contribution in [3.05, 3.63) is 0 Å². The van der Waals surface area contributed by atoms with E-state index in [1.807, 2.05) is 0 Å². The van der Waals surface area contributed by atoms with E-state index in [0.29, 0.717) is 0 Å². The van der Waals surface area contributed by atoms with E-state index in [-0.39, 0.29) is 0 Å². The first kappa shape index (κ1) is 19.7. The normalized spacial score (nSPS) is 14.3. The summed E-state index contributed by atoms with van der Waals surface area (Å²) in [6.45, 7) is 0. The molecule has 0 amide bonds. The number of nitrogens with zero attached hydrogens (tertiary/aromatic N) is 1. The van der Waals surface area contributed by atoms with Crippen molar-refractivity contribution in [2.24, 2.45) is 0 Å². The van der Waals surface area contributed by atoms with Crippen molar-refractivity contribution in [2.75, 3.05) is 28.2 Å². The van der Waals surface area contributed by atoms with Gasteiger partial charge in [0.1, 0.15) is 0 Å². The number of quaternary nitrogens is 1. The summed E-state index contributed by atoms with van der Waals surface area (Å²) in [7, 11) is 8.50. The second-order valence-electron chi connectivity index (χ2n) is 4.68. The molecule has 0 aliphatic carbocycles. The number of hydrogen-bond acceptors (Lipinski definition) is 0. The van der Waals surface area contributed by atoms with E-state index in [4.69, 9.17) is 0 Å². The van der Waals surface area contributed by atoms with Gasteiger partial charge in [-0.2, -0.15) is 30.7 Å². The Hall–Kier alpha value is -0.670. The molecule has 112 valence electrons. The Morgan fingerprint density at radius 3 is 1.00 bits per heavy atom. The van der Waals surface area contributed by atoms with Crippen LogP contribution in [0.2, 0.25) is 0 Å². The van der Waals surface area contributed by atoms with Crippen LogP contribution >= 0.6 is 0 Å². The van der Waals surface area contributed by atoms with Gasteiger partial charge < -0.3 is 4.48 Å². The molecular formula is C8H13F9N+. The smallest absolute Gasteiger partial charge is 0.333 e. The summed E-state index contributed by atoms with van der Waals surface area (Å²) in [5.74, 6) is -13.1. The topological polar surface area (TPSA) is 0 Å². The van der Waals surface area contributed by atoms with Crippen molar-refractivity contribution in [2.45, 2.75) is 24.4 Å². The Bertz CT molecular complexity index is 244. The first-order valence-electron chi connectivity index (χ1n) is 4.34. The van der Waals surface area contributed by atoms with E-state index < -0.39 is 24.4 Å². The van der Waals surface area contributed by atoms with Gasteiger partial charge >= 0.3 is 24.4 Å². The van der Waals surface area contributed by atoms with Crippen LogP contribution in [0.25, 0.3) is 0 Å². The molecule has 0 aromatic heterocycles. The molecule has 0 rings (SSSR count). The monoisotopic (exact) mass is 294 g/mol. The van der Waals surface area contributed by atoms with Crippen molar-refractivity contribution >= 4 is 0 Å². The molecule has 0 atom stereocenters. The molecule has 0 spiro atoms. The fraction of sp³-hybridized carbons (Fsp3) is 1.00. The average molecular weight is 294 g/mol. The number of hydrogen-bond donors (Lipinski definition) is 0. The molecule has 0 aromatic carbocycles. The van der Waals surface area contributed by atoms with Gasteiger partial charge in [-0.3, -0.25) is 0 Å². The van der Waals surface area contributed by atoms with Gasteiger partial charge in [-0.1, -0.05) is 0 Å². The highest BCUT2D eigenvalue weighted by molar-refractivity contribution is 4.92. The third kappa shape index (κ3) is 5.78. The quantitative estimate of drug-likeness (QED) is 0.541. The van der Waals surface area contributed by atoms with E-state index in [1.165, 1.54) is 0 Å². The number of halogens is 9. The van der Waals surface area contributed by atoms with Crippen LogP contribution in [0.3, 0.4) is 0 Å². The predicted octanol–water partition coefficient (Wildman–Crippen LogP) is 3.41. The molecule has 0 radical (unpaired) electrons. The Morgan fingerprint density at radius 1 is 0.722 bits per heavy atom. The van der Waals surface area contributed by atoms with Gasteiger partial charge in [0, 0.05) is 0 Å². The molecule has 18 heavy (non-hydrogen) atoms. The zero-order valence-corrected chi connectivity index (χ0v) is 9.93. The predicted molar refractivity (Wildman–Crippen MR) is 45.9 cm³/mol. The lowest BCUT2D eigenvalue weighted by Crippen LogP contribution is -2.55. The molecule has 0 N–H and O–H groups in total. The van der Waals surface area contributed by atoms with Gasteiger partial charge in [0.05, 0.1) is 28.2 Å². The summed E-state index contributed by atoms with van der Waals surface area (Å²) in [6, 6.07) is 0. The summed E-state index contributed by atoms with van der Waals surface area (Å²) in [6.07, 6.45) is -11.8. The van der Waals surface area contributed by atoms with E-state index in [1.54, 1.807) is 0 Å². The van der Waals surface area contributed by atoms with E-state index in [9.17, 15) is 39.5 Å². The van der Waals surface area contributed by atoms with Crippen molar-refractivity contribution in [3.63, 3.8) is 0 Å². The van der Waals surface area contributed by atoms with E-state index in [0.717, 1.165) is 4.48 Å². The minimum atomic E-state index is -6.73. The van der Waals surface area contributed by atoms with Crippen molar-refractivity contribution in [1.29, 1.82) is 0 Å². The van der Waals surface area contributed by atoms with Gasteiger partial charge in [-0.15, -0.1) is 0 Å². The van der Waals surface area contributed by atoms with Gasteiger partial charge in [0.25, 0.3) is 0 Å². The van der Waals surface area contributed by atoms with Crippen LogP contribution < -0.4 is 0 Å². The SMILES string of the molecule is C[N+](C)(C)C.FC(F)C(F)(F)C(F)(F)C(F)(F)F. The third-order valence-corrected chi connectivity index (χ3v) is 1.05. The fourth-order valence-corrected chi connectivity index (χ4v) is 0.326. The molecule has 10 heteroatoms. The maximum atomic E-state index is 11.6. The summed E-state index contributed by atoms with van der Waals surface area (Å²) in [5, 5.41) is 0. The van der Waals surface area contributed by atoms with E-state index in [2.05, 4.69) is 28.2 Å². The molecule has 0 aliphatic rings. The Balaban J connectivity index is 0. The maximum absolute atomic E-state index is 11.6. The lowest BCUT2D eigenvalue weighted by atomic mass is 10.2. The lowest BCUT2D eigenvalue weighted by molar-refractivity contribution is -0.849. The molecule has 0 aliphatic heterocycles. The highest BCUT2D eigenvalue weighted by Gasteiger charge is 2.76. The molecule has 0 saturated carbocycles. The molecule has 0 fully saturated rings. The summed E-state index contributed by atoms with van der Waals surface area (Å²) < 4.78 is 103. The molecule has 0 aromatic rings. The molecule has 0 saturated heterocycles. The highest BCUT2D eigenvalue weighted by atomic mass is 19.4. The summed E-state index contributed by atoms with van der Waals surface area (Å²) in [5.41, 5.74) is 0. The van der Waals surface area contributed by atoms with Crippen molar-refractivity contribution < 1.29 is 44.0 Å². The Kier molecular flexibility index (Phi) is 6.05. The van der Waals surface area contributed by atoms with E-state index >= 15 is 0 Å². The standard InChI is InChI=1S/C4HF9.C4H12N/c5-1(6)2(7,8)3(9,10)4(11,12)13;1-5(2,3)4/h1H;1-4H3/q;+1. The largest absolute Gasteiger partial charge is 0.460 e. The van der Waals surface area contributed by atoms with Crippen LogP contribution in [0.15, 0.2) is 0 Å². The Labute approximate surface area is 97.8 Å². The maximum Gasteiger partial charge on any atom is 0.460 e. The van der Waals surface area contributed by atoms with Crippen LogP contribution in [-0.4, -0.2) is 57.1 Å². The summed E-state index contributed by atoms with van der Waals surface area (Å²) in [4.78, 5) is 0. The van der Waals surface area contributed by atoms with Crippen molar-refractivity contribution in [3.8, 4) is 0 Å². The van der Waals surface area contributed by atoms with Gasteiger partial charge in [-0.05, 0) is 0 Å². The van der Waals surface area contributed by atoms with Crippen LogP contribution in [0.1, 0.15) is 0 Å². The molecule has 0 bridgehead atoms. The van der Waals surface area contributed by atoms with Crippen molar-refractivity contribution in [1.82, 2.24) is 0 Å². The van der Waals surface area contributed by atoms with Gasteiger partial charge in [-0.25, -0.2) is 8.78 Å². The minimum Gasteiger partial charge on any atom is -0.333 e. The van der Waals surface area contributed by atoms with Crippen LogP contribution in [0, 0.1) is 0 Å². The van der Waals surface area contributed by atoms with Crippen LogP contribution in [-0.2, 0) is 0 Å². The molecule has 0 unspecified atom stereocenters. The Morgan fingerprint density at radius 2 is 0.944 bits per heavy atom. The van der Waals surface area contributed by atoms with Gasteiger partial charge in [0.2, 0.25) is 0 Å². The fourth-order valence-electron chi connectivity index (χ4n) is 0.326. The van der Waals surface area contributed by atoms with Gasteiger partial charge in [0.15, 0.2) is 0 Å². The zero-order chi connectivity index (χ0) is 15.6. The first-order valence-corrected chi connectivity index (χ1v) is 4.34. The second-order valence-corrected chi connectivity index (χ2v) is 4.68. The van der Waals surface area contributed by atoms with Crippen LogP contribution in [0.5, 0.6) is 0 Å². The second kappa shape index (κ2) is 5.54. The summed E-state index contributed by atoms with van der Waals surface area (Å²) >= 11 is 0. The molecule has 0 heterocycles.